The first-order valence-electron chi connectivity index (χ1n) is 5.97. The highest BCUT2D eigenvalue weighted by Crippen LogP contribution is 2.34. The van der Waals surface area contributed by atoms with Crippen LogP contribution in [0, 0.1) is 5.82 Å². The van der Waals surface area contributed by atoms with E-state index in [4.69, 9.17) is 11.6 Å². The summed E-state index contributed by atoms with van der Waals surface area (Å²) in [6, 6.07) is 2.80. The van der Waals surface area contributed by atoms with Gasteiger partial charge in [-0.2, -0.15) is 4.31 Å². The Morgan fingerprint density at radius 1 is 1.47 bits per heavy atom. The minimum atomic E-state index is -3.80. The maximum atomic E-state index is 14.2. The molecule has 19 heavy (non-hydrogen) atoms. The van der Waals surface area contributed by atoms with Crippen LogP contribution < -0.4 is 0 Å². The average molecular weight is 371 g/mol. The molecule has 0 atom stereocenters. The molecule has 2 rings (SSSR count). The second-order valence-corrected chi connectivity index (χ2v) is 7.49. The Labute approximate surface area is 125 Å². The van der Waals surface area contributed by atoms with Crippen molar-refractivity contribution in [2.24, 2.45) is 0 Å². The first-order valence-corrected chi connectivity index (χ1v) is 8.74. The molecule has 0 spiro atoms. The van der Waals surface area contributed by atoms with Gasteiger partial charge >= 0.3 is 0 Å². The van der Waals surface area contributed by atoms with Gasteiger partial charge in [-0.15, -0.1) is 11.6 Å². The van der Waals surface area contributed by atoms with Gasteiger partial charge in [-0.3, -0.25) is 0 Å². The SMILES string of the molecule is CCN(C1CC1)S(=O)(=O)c1cc(Br)cc(CCl)c1F. The van der Waals surface area contributed by atoms with Crippen molar-refractivity contribution in [1.82, 2.24) is 4.31 Å². The minimum absolute atomic E-state index is 0.00725. The Kier molecular flexibility index (Phi) is 4.55. The summed E-state index contributed by atoms with van der Waals surface area (Å²) in [6.07, 6.45) is 1.68. The molecule has 106 valence electrons. The molecular weight excluding hydrogens is 357 g/mol. The van der Waals surface area contributed by atoms with Crippen molar-refractivity contribution in [2.45, 2.75) is 36.6 Å². The van der Waals surface area contributed by atoms with Gasteiger partial charge in [0, 0.05) is 22.6 Å². The van der Waals surface area contributed by atoms with E-state index in [1.165, 1.54) is 16.4 Å². The van der Waals surface area contributed by atoms with Crippen LogP contribution in [0.5, 0.6) is 0 Å². The van der Waals surface area contributed by atoms with Gasteiger partial charge in [0.05, 0.1) is 5.88 Å². The Morgan fingerprint density at radius 3 is 2.58 bits per heavy atom. The predicted octanol–water partition coefficient (Wildman–Crippen LogP) is 3.50. The number of halogens is 3. The lowest BCUT2D eigenvalue weighted by Crippen LogP contribution is -2.33. The van der Waals surface area contributed by atoms with Gasteiger partial charge in [0.1, 0.15) is 10.7 Å². The molecule has 1 aromatic carbocycles. The van der Waals surface area contributed by atoms with Crippen LogP contribution in [0.1, 0.15) is 25.3 Å². The summed E-state index contributed by atoms with van der Waals surface area (Å²) in [5.74, 6) is -0.819. The molecular formula is C12H14BrClFNO2S. The van der Waals surface area contributed by atoms with E-state index in [0.29, 0.717) is 11.0 Å². The number of benzene rings is 1. The monoisotopic (exact) mass is 369 g/mol. The summed E-state index contributed by atoms with van der Waals surface area (Å²) < 4.78 is 41.1. The Bertz CT molecular complexity index is 590. The maximum absolute atomic E-state index is 14.2. The zero-order valence-corrected chi connectivity index (χ0v) is 13.5. The van der Waals surface area contributed by atoms with Crippen molar-refractivity contribution in [3.63, 3.8) is 0 Å². The molecule has 1 saturated carbocycles. The number of rotatable bonds is 5. The lowest BCUT2D eigenvalue weighted by atomic mass is 10.2. The molecule has 0 aliphatic heterocycles. The van der Waals surface area contributed by atoms with Gasteiger partial charge in [-0.1, -0.05) is 22.9 Å². The molecule has 0 heterocycles. The highest BCUT2D eigenvalue weighted by atomic mass is 79.9. The molecule has 1 aliphatic carbocycles. The number of alkyl halides is 1. The Morgan fingerprint density at radius 2 is 2.11 bits per heavy atom. The third-order valence-electron chi connectivity index (χ3n) is 3.08. The molecule has 0 radical (unpaired) electrons. The largest absolute Gasteiger partial charge is 0.246 e. The van der Waals surface area contributed by atoms with E-state index in [9.17, 15) is 12.8 Å². The summed E-state index contributed by atoms with van der Waals surface area (Å²) in [5, 5.41) is 0. The van der Waals surface area contributed by atoms with Crippen LogP contribution >= 0.6 is 27.5 Å². The van der Waals surface area contributed by atoms with Crippen LogP contribution in [0.25, 0.3) is 0 Å². The minimum Gasteiger partial charge on any atom is -0.207 e. The fourth-order valence-corrected chi connectivity index (χ4v) is 4.70. The number of hydrogen-bond acceptors (Lipinski definition) is 2. The molecule has 7 heteroatoms. The lowest BCUT2D eigenvalue weighted by Gasteiger charge is -2.21. The van der Waals surface area contributed by atoms with Gasteiger partial charge < -0.3 is 0 Å². The van der Waals surface area contributed by atoms with E-state index in [0.717, 1.165) is 12.8 Å². The van der Waals surface area contributed by atoms with Crippen molar-refractivity contribution >= 4 is 37.6 Å². The fraction of sp³-hybridized carbons (Fsp3) is 0.500. The standard InChI is InChI=1S/C12H14BrClFNO2S/c1-2-16(10-3-4-10)19(17,18)11-6-9(13)5-8(7-14)12(11)15/h5-6,10H,2-4,7H2,1H3. The molecule has 1 fully saturated rings. The molecule has 0 bridgehead atoms. The van der Waals surface area contributed by atoms with E-state index in [2.05, 4.69) is 15.9 Å². The van der Waals surface area contributed by atoms with E-state index in [-0.39, 0.29) is 22.4 Å². The number of nitrogens with zero attached hydrogens (tertiary/aromatic N) is 1. The van der Waals surface area contributed by atoms with Gasteiger partial charge in [-0.05, 0) is 25.0 Å². The van der Waals surface area contributed by atoms with E-state index in [1.54, 1.807) is 6.92 Å². The van der Waals surface area contributed by atoms with Crippen molar-refractivity contribution in [3.05, 3.63) is 28.0 Å². The zero-order chi connectivity index (χ0) is 14.2. The van der Waals surface area contributed by atoms with Crippen LogP contribution in [0.2, 0.25) is 0 Å². The maximum Gasteiger partial charge on any atom is 0.246 e. The first-order chi connectivity index (χ1) is 8.91. The van der Waals surface area contributed by atoms with E-state index >= 15 is 0 Å². The molecule has 0 aromatic heterocycles. The second kappa shape index (κ2) is 5.68. The lowest BCUT2D eigenvalue weighted by molar-refractivity contribution is 0.416. The molecule has 0 N–H and O–H groups in total. The first kappa shape index (κ1) is 15.2. The molecule has 1 aromatic rings. The van der Waals surface area contributed by atoms with Crippen molar-refractivity contribution in [2.75, 3.05) is 6.54 Å². The van der Waals surface area contributed by atoms with Crippen LogP contribution in [-0.4, -0.2) is 25.3 Å². The zero-order valence-electron chi connectivity index (χ0n) is 10.4. The number of sulfonamides is 1. The third-order valence-corrected chi connectivity index (χ3v) is 5.85. The molecule has 0 unspecified atom stereocenters. The summed E-state index contributed by atoms with van der Waals surface area (Å²) in [4.78, 5) is -0.300. The average Bonchev–Trinajstić information content (AvgIpc) is 3.16. The van der Waals surface area contributed by atoms with Crippen LogP contribution in [0.15, 0.2) is 21.5 Å². The van der Waals surface area contributed by atoms with Crippen LogP contribution in [0.3, 0.4) is 0 Å². The van der Waals surface area contributed by atoms with Crippen LogP contribution in [-0.2, 0) is 15.9 Å². The number of hydrogen-bond donors (Lipinski definition) is 0. The molecule has 0 amide bonds. The van der Waals surface area contributed by atoms with Crippen molar-refractivity contribution in [3.8, 4) is 0 Å². The highest BCUT2D eigenvalue weighted by Gasteiger charge is 2.38. The molecule has 0 saturated heterocycles. The van der Waals surface area contributed by atoms with E-state index < -0.39 is 15.8 Å². The smallest absolute Gasteiger partial charge is 0.207 e. The second-order valence-electron chi connectivity index (χ2n) is 4.45. The van der Waals surface area contributed by atoms with E-state index in [1.807, 2.05) is 0 Å². The summed E-state index contributed by atoms with van der Waals surface area (Å²) in [5.41, 5.74) is 0.182. The van der Waals surface area contributed by atoms with Crippen molar-refractivity contribution < 1.29 is 12.8 Å². The summed E-state index contributed by atoms with van der Waals surface area (Å²) >= 11 is 8.84. The van der Waals surface area contributed by atoms with Crippen LogP contribution in [0.4, 0.5) is 4.39 Å². The summed E-state index contributed by atoms with van der Waals surface area (Å²) in [6.45, 7) is 2.10. The highest BCUT2D eigenvalue weighted by molar-refractivity contribution is 9.10. The fourth-order valence-electron chi connectivity index (χ4n) is 2.02. The Balaban J connectivity index is 2.53. The van der Waals surface area contributed by atoms with Gasteiger partial charge in [0.15, 0.2) is 0 Å². The topological polar surface area (TPSA) is 37.4 Å². The van der Waals surface area contributed by atoms with Gasteiger partial charge in [0.2, 0.25) is 10.0 Å². The van der Waals surface area contributed by atoms with Gasteiger partial charge in [-0.25, -0.2) is 12.8 Å². The molecule has 3 nitrogen and oxygen atoms in total. The quantitative estimate of drug-likeness (QED) is 0.744. The van der Waals surface area contributed by atoms with Crippen molar-refractivity contribution in [1.29, 1.82) is 0 Å². The molecule has 1 aliphatic rings. The predicted molar refractivity (Wildman–Crippen MR) is 76.2 cm³/mol. The van der Waals surface area contributed by atoms with Gasteiger partial charge in [0.25, 0.3) is 0 Å². The normalized spacial score (nSPS) is 16.1. The Hall–Kier alpha value is -0.170. The summed E-state index contributed by atoms with van der Waals surface area (Å²) in [7, 11) is -3.80. The third kappa shape index (κ3) is 2.96.